The van der Waals surface area contributed by atoms with Gasteiger partial charge in [-0.2, -0.15) is 0 Å². The van der Waals surface area contributed by atoms with Crippen LogP contribution in [0, 0.1) is 5.92 Å². The lowest BCUT2D eigenvalue weighted by molar-refractivity contribution is -0.929. The van der Waals surface area contributed by atoms with E-state index in [-0.39, 0.29) is 0 Å². The minimum Gasteiger partial charge on any atom is -0.324 e. The summed E-state index contributed by atoms with van der Waals surface area (Å²) in [6, 6.07) is 0. The van der Waals surface area contributed by atoms with E-state index in [4.69, 9.17) is 0 Å². The predicted molar refractivity (Wildman–Crippen MR) is 190 cm³/mol. The first kappa shape index (κ1) is 41.0. The van der Waals surface area contributed by atoms with Gasteiger partial charge >= 0.3 is 0 Å². The van der Waals surface area contributed by atoms with Gasteiger partial charge in [-0.25, -0.2) is 0 Å². The molecule has 0 spiro atoms. The lowest BCUT2D eigenvalue weighted by Gasteiger charge is -2.40. The highest BCUT2D eigenvalue weighted by molar-refractivity contribution is 4.59. The average molecular weight is 579 g/mol. The molecule has 0 saturated heterocycles. The molecule has 0 amide bonds. The molecule has 0 saturated carbocycles. The smallest absolute Gasteiger partial charge is 0.0786 e. The van der Waals surface area contributed by atoms with Crippen LogP contribution in [0.25, 0.3) is 0 Å². The van der Waals surface area contributed by atoms with Gasteiger partial charge in [0.1, 0.15) is 0 Å². The first-order chi connectivity index (χ1) is 20.2. The quantitative estimate of drug-likeness (QED) is 0.0518. The second-order valence-electron chi connectivity index (χ2n) is 14.2. The molecule has 0 aliphatic rings. The monoisotopic (exact) mass is 579 g/mol. The normalized spacial score (nSPS) is 12.8. The van der Waals surface area contributed by atoms with Crippen molar-refractivity contribution in [2.45, 2.75) is 227 Å². The molecule has 1 nitrogen and oxygen atoms in total. The summed E-state index contributed by atoms with van der Waals surface area (Å²) in [6.07, 6.45) is 43.6. The lowest BCUT2D eigenvalue weighted by atomic mass is 9.93. The van der Waals surface area contributed by atoms with Crippen molar-refractivity contribution >= 4 is 0 Å². The van der Waals surface area contributed by atoms with Gasteiger partial charge in [0.25, 0.3) is 0 Å². The van der Waals surface area contributed by atoms with Crippen LogP contribution in [-0.4, -0.2) is 30.7 Å². The summed E-state index contributed by atoms with van der Waals surface area (Å²) in [5, 5.41) is 0. The minimum atomic E-state index is 1.01. The maximum Gasteiger partial charge on any atom is 0.0786 e. The Hall–Kier alpha value is -0.0400. The predicted octanol–water partition coefficient (Wildman–Crippen LogP) is 14.2. The molecule has 0 fully saturated rings. The van der Waals surface area contributed by atoms with Gasteiger partial charge in [0.2, 0.25) is 0 Å². The van der Waals surface area contributed by atoms with Gasteiger partial charge in [0.15, 0.2) is 0 Å². The summed E-state index contributed by atoms with van der Waals surface area (Å²) in [7, 11) is 0. The molecule has 1 unspecified atom stereocenters. The summed E-state index contributed by atoms with van der Waals surface area (Å²) in [4.78, 5) is 0. The Morgan fingerprint density at radius 2 is 0.561 bits per heavy atom. The van der Waals surface area contributed by atoms with Crippen molar-refractivity contribution in [2.75, 3.05) is 26.2 Å². The fourth-order valence-electron chi connectivity index (χ4n) is 7.16. The molecule has 41 heavy (non-hydrogen) atoms. The van der Waals surface area contributed by atoms with Gasteiger partial charge in [-0.05, 0) is 57.3 Å². The number of quaternary nitrogens is 1. The maximum atomic E-state index is 2.41. The second-order valence-corrected chi connectivity index (χ2v) is 14.2. The number of hydrogen-bond acceptors (Lipinski definition) is 0. The summed E-state index contributed by atoms with van der Waals surface area (Å²) in [5.74, 6) is 1.01. The van der Waals surface area contributed by atoms with Gasteiger partial charge in [-0.3, -0.25) is 0 Å². The number of unbranched alkanes of at least 4 members (excludes halogenated alkanes) is 22. The molecular formula is C40H84N+. The highest BCUT2D eigenvalue weighted by atomic mass is 15.3. The molecule has 0 radical (unpaired) electrons. The number of rotatable bonds is 35. The van der Waals surface area contributed by atoms with Crippen LogP contribution in [0.5, 0.6) is 0 Å². The van der Waals surface area contributed by atoms with Crippen molar-refractivity contribution < 1.29 is 4.48 Å². The Labute approximate surface area is 263 Å². The third kappa shape index (κ3) is 27.3. The number of hydrogen-bond donors (Lipinski definition) is 0. The first-order valence-electron chi connectivity index (χ1n) is 20.0. The van der Waals surface area contributed by atoms with Crippen molar-refractivity contribution in [2.24, 2.45) is 5.92 Å². The Kier molecular flexibility index (Phi) is 32.8. The SMILES string of the molecule is CCCCCCCC[N+](CCCCCCCC)(CCCCCCCC)CCCCCCCCCC(CC)CCCC. The van der Waals surface area contributed by atoms with E-state index in [0.717, 1.165) is 5.92 Å². The minimum absolute atomic E-state index is 1.01. The van der Waals surface area contributed by atoms with Crippen LogP contribution in [-0.2, 0) is 0 Å². The van der Waals surface area contributed by atoms with E-state index in [2.05, 4.69) is 34.6 Å². The molecule has 0 heterocycles. The Balaban J connectivity index is 4.68. The fourth-order valence-corrected chi connectivity index (χ4v) is 7.16. The zero-order valence-electron chi connectivity index (χ0n) is 30.1. The molecule has 0 aromatic rings. The molecule has 1 heteroatoms. The summed E-state index contributed by atoms with van der Waals surface area (Å²) < 4.78 is 1.48. The Bertz CT molecular complexity index is 431. The van der Waals surface area contributed by atoms with Crippen molar-refractivity contribution in [1.29, 1.82) is 0 Å². The maximum absolute atomic E-state index is 2.41. The van der Waals surface area contributed by atoms with E-state index in [0.29, 0.717) is 0 Å². The van der Waals surface area contributed by atoms with E-state index >= 15 is 0 Å². The average Bonchev–Trinajstić information content (AvgIpc) is 2.99. The van der Waals surface area contributed by atoms with Gasteiger partial charge < -0.3 is 4.48 Å². The van der Waals surface area contributed by atoms with E-state index in [1.807, 2.05) is 0 Å². The van der Waals surface area contributed by atoms with Crippen LogP contribution in [0.4, 0.5) is 0 Å². The van der Waals surface area contributed by atoms with Crippen molar-refractivity contribution in [3.63, 3.8) is 0 Å². The van der Waals surface area contributed by atoms with Crippen LogP contribution >= 0.6 is 0 Å². The van der Waals surface area contributed by atoms with Crippen LogP contribution in [0.15, 0.2) is 0 Å². The summed E-state index contributed by atoms with van der Waals surface area (Å²) in [6.45, 7) is 17.7. The molecule has 248 valence electrons. The van der Waals surface area contributed by atoms with Gasteiger partial charge in [-0.15, -0.1) is 0 Å². The van der Waals surface area contributed by atoms with Gasteiger partial charge in [0.05, 0.1) is 26.2 Å². The standard InChI is InChI=1S/C40H84N/c1-6-11-15-18-25-30-36-41(37-31-26-19-16-12-7-2,38-32-27-20-17-13-8-3)39-33-28-23-21-22-24-29-35-40(10-5)34-14-9-4/h40H,6-39H2,1-5H3/q+1. The summed E-state index contributed by atoms with van der Waals surface area (Å²) in [5.41, 5.74) is 0. The molecule has 1 atom stereocenters. The molecular weight excluding hydrogens is 494 g/mol. The Morgan fingerprint density at radius 3 is 0.878 bits per heavy atom. The van der Waals surface area contributed by atoms with Gasteiger partial charge in [0, 0.05) is 0 Å². The zero-order valence-corrected chi connectivity index (χ0v) is 30.1. The van der Waals surface area contributed by atoms with E-state index in [9.17, 15) is 0 Å². The topological polar surface area (TPSA) is 0 Å². The van der Waals surface area contributed by atoms with E-state index < -0.39 is 0 Å². The fraction of sp³-hybridized carbons (Fsp3) is 1.00. The molecule has 0 aliphatic carbocycles. The molecule has 0 N–H and O–H groups in total. The third-order valence-corrected chi connectivity index (χ3v) is 10.2. The highest BCUT2D eigenvalue weighted by Gasteiger charge is 2.25. The lowest BCUT2D eigenvalue weighted by Crippen LogP contribution is -2.50. The second kappa shape index (κ2) is 32.9. The van der Waals surface area contributed by atoms with E-state index in [1.54, 1.807) is 0 Å². The first-order valence-corrected chi connectivity index (χ1v) is 20.0. The van der Waals surface area contributed by atoms with Crippen LogP contribution in [0.1, 0.15) is 227 Å². The molecule has 0 rings (SSSR count). The largest absolute Gasteiger partial charge is 0.324 e. The third-order valence-electron chi connectivity index (χ3n) is 10.2. The van der Waals surface area contributed by atoms with Crippen LogP contribution in [0.3, 0.4) is 0 Å². The molecule has 0 aromatic heterocycles. The van der Waals surface area contributed by atoms with Gasteiger partial charge in [-0.1, -0.05) is 176 Å². The van der Waals surface area contributed by atoms with Crippen LogP contribution < -0.4 is 0 Å². The highest BCUT2D eigenvalue weighted by Crippen LogP contribution is 2.22. The van der Waals surface area contributed by atoms with E-state index in [1.165, 1.54) is 223 Å². The Morgan fingerprint density at radius 1 is 0.293 bits per heavy atom. The molecule has 0 aliphatic heterocycles. The number of nitrogens with zero attached hydrogens (tertiary/aromatic N) is 1. The van der Waals surface area contributed by atoms with Crippen molar-refractivity contribution in [3.8, 4) is 0 Å². The van der Waals surface area contributed by atoms with Crippen LogP contribution in [0.2, 0.25) is 0 Å². The zero-order chi connectivity index (χ0) is 30.1. The molecule has 0 bridgehead atoms. The summed E-state index contributed by atoms with van der Waals surface area (Å²) >= 11 is 0. The van der Waals surface area contributed by atoms with Crippen molar-refractivity contribution in [3.05, 3.63) is 0 Å². The van der Waals surface area contributed by atoms with Crippen molar-refractivity contribution in [1.82, 2.24) is 0 Å². The molecule has 0 aromatic carbocycles.